The molecule has 2 aliphatic heterocycles. The zero-order chi connectivity index (χ0) is 50.3. The normalized spacial score (nSPS) is 14.5. The lowest BCUT2D eigenvalue weighted by Crippen LogP contribution is -2.45. The number of nitrogens with zero attached hydrogens (tertiary/aromatic N) is 2. The Bertz CT molecular complexity index is 2420. The van der Waals surface area contributed by atoms with Gasteiger partial charge in [0.05, 0.1) is 64.8 Å². The van der Waals surface area contributed by atoms with E-state index < -0.39 is 135 Å². The number of amides is 4. The van der Waals surface area contributed by atoms with Gasteiger partial charge in [0.25, 0.3) is 23.6 Å². The summed E-state index contributed by atoms with van der Waals surface area (Å²) in [5.41, 5.74) is -12.4. The van der Waals surface area contributed by atoms with Gasteiger partial charge in [-0.3, -0.25) is 29.0 Å². The maximum absolute atomic E-state index is 14.9. The van der Waals surface area contributed by atoms with Crippen molar-refractivity contribution in [2.24, 2.45) is 0 Å². The molecule has 0 saturated heterocycles. The van der Waals surface area contributed by atoms with Crippen molar-refractivity contribution in [3.05, 3.63) is 89.9 Å². The molecule has 4 aromatic carbocycles. The van der Waals surface area contributed by atoms with Crippen molar-refractivity contribution in [1.29, 1.82) is 0 Å². The molecule has 22 heteroatoms. The lowest BCUT2D eigenvalue weighted by molar-refractivity contribution is -0.144. The van der Waals surface area contributed by atoms with Crippen LogP contribution in [0.5, 0.6) is 0 Å². The fraction of sp³-hybridized carbons (Fsp3) is 0.435. The van der Waals surface area contributed by atoms with Crippen LogP contribution in [0, 0.1) is 0 Å². The van der Waals surface area contributed by atoms with Gasteiger partial charge in [0.15, 0.2) is 0 Å². The third kappa shape index (κ3) is 10.8. The van der Waals surface area contributed by atoms with Crippen molar-refractivity contribution >= 4 is 89.0 Å². The number of hydrogen-bond acceptors (Lipinski definition) is 6. The van der Waals surface area contributed by atoms with Crippen molar-refractivity contribution in [3.8, 4) is 0 Å². The Kier molecular flexibility index (Phi) is 15.6. The quantitative estimate of drug-likeness (QED) is 0.0585. The second-order valence-electron chi connectivity index (χ2n) is 16.5. The molecule has 0 atom stereocenters. The number of anilines is 4. The molecule has 0 aliphatic carbocycles. The smallest absolute Gasteiger partial charge is 0.354 e. The topological polar surface area (TPSA) is 98.8 Å². The van der Waals surface area contributed by atoms with E-state index in [0.717, 1.165) is 43.4 Å². The number of benzene rings is 4. The van der Waals surface area contributed by atoms with Gasteiger partial charge in [-0.15, -0.1) is 0 Å². The van der Waals surface area contributed by atoms with Crippen LogP contribution in [0.1, 0.15) is 155 Å². The minimum atomic E-state index is -5.34. The molecule has 0 spiro atoms. The summed E-state index contributed by atoms with van der Waals surface area (Å²) in [7, 11) is 0. The van der Waals surface area contributed by atoms with Crippen LogP contribution in [-0.2, 0) is 24.7 Å². The molecule has 0 radical (unpaired) electrons. The van der Waals surface area contributed by atoms with Crippen LogP contribution in [0.25, 0.3) is 10.8 Å². The monoisotopic (exact) mass is 1100 g/mol. The summed E-state index contributed by atoms with van der Waals surface area (Å²) in [4.78, 5) is 60.5. The summed E-state index contributed by atoms with van der Waals surface area (Å²) >= 11 is 6.56. The highest BCUT2D eigenvalue weighted by Gasteiger charge is 2.47. The highest BCUT2D eigenvalue weighted by atomic mass is 79.9. The van der Waals surface area contributed by atoms with E-state index >= 15 is 0 Å². The minimum Gasteiger partial charge on any atom is -0.354 e. The molecule has 0 unspecified atom stereocenters. The van der Waals surface area contributed by atoms with Gasteiger partial charge in [0, 0.05) is 35.2 Å². The van der Waals surface area contributed by atoms with Crippen LogP contribution in [0.15, 0.2) is 45.3 Å². The first kappa shape index (κ1) is 52.5. The molecule has 0 saturated carbocycles. The van der Waals surface area contributed by atoms with Crippen molar-refractivity contribution in [2.45, 2.75) is 116 Å². The predicted molar refractivity (Wildman–Crippen MR) is 236 cm³/mol. The zero-order valence-electron chi connectivity index (χ0n) is 36.2. The van der Waals surface area contributed by atoms with Gasteiger partial charge in [-0.2, -0.15) is 52.7 Å². The highest BCUT2D eigenvalue weighted by Crippen LogP contribution is 2.53. The first-order chi connectivity index (χ1) is 31.7. The Labute approximate surface area is 398 Å². The van der Waals surface area contributed by atoms with Crippen LogP contribution >= 0.6 is 31.9 Å². The Morgan fingerprint density at radius 1 is 0.412 bits per heavy atom. The van der Waals surface area contributed by atoms with Crippen molar-refractivity contribution in [2.75, 3.05) is 23.7 Å². The molecular weight excluding hydrogens is 1060 g/mol. The molecule has 4 amide bonds. The van der Waals surface area contributed by atoms with E-state index in [0.29, 0.717) is 54.8 Å². The summed E-state index contributed by atoms with van der Waals surface area (Å²) in [6.07, 6.45) is -13.5. The molecule has 0 aromatic heterocycles. The summed E-state index contributed by atoms with van der Waals surface area (Å²) in [6.45, 7) is 3.33. The Balaban J connectivity index is 1.70. The Morgan fingerprint density at radius 2 is 0.676 bits per heavy atom. The van der Waals surface area contributed by atoms with Crippen LogP contribution in [0.4, 0.5) is 75.4 Å². The highest BCUT2D eigenvalue weighted by molar-refractivity contribution is 9.11. The molecule has 8 nitrogen and oxygen atoms in total. The molecule has 0 fully saturated rings. The molecule has 368 valence electrons. The molecule has 2 heterocycles. The number of rotatable bonds is 18. The largest absolute Gasteiger partial charge is 0.416 e. The molecule has 4 aromatic rings. The SMILES string of the molecule is CCCCCCCCN1C(=O)c2c(Br)c(Nc3cc(C(F)(F)F)cc(C(F)(F)F)c3)c3c4c(c(Nc5cc(C(F)(F)F)cc(C(F)(F)F)c5)c(Br)c(c24)C1=O)C(=O)N(CCCCCCCC)C3=O. The zero-order valence-corrected chi connectivity index (χ0v) is 39.4. The number of unbranched alkanes of at least 4 members (excludes halogenated alkanes) is 10. The number of carbonyl (C=O) groups excluding carboxylic acids is 4. The summed E-state index contributed by atoms with van der Waals surface area (Å²) in [5.74, 6) is -4.50. The summed E-state index contributed by atoms with van der Waals surface area (Å²) < 4.78 is 169. The van der Waals surface area contributed by atoms with Crippen molar-refractivity contribution < 1.29 is 71.9 Å². The second-order valence-corrected chi connectivity index (χ2v) is 18.1. The third-order valence-corrected chi connectivity index (χ3v) is 13.2. The first-order valence-electron chi connectivity index (χ1n) is 21.6. The van der Waals surface area contributed by atoms with Crippen LogP contribution in [0.3, 0.4) is 0 Å². The summed E-state index contributed by atoms with van der Waals surface area (Å²) in [6, 6.07) is 0.930. The Hall–Kier alpha value is -4.86. The first-order valence-corrected chi connectivity index (χ1v) is 23.2. The van der Waals surface area contributed by atoms with E-state index in [2.05, 4.69) is 42.5 Å². The average Bonchev–Trinajstić information content (AvgIpc) is 3.24. The van der Waals surface area contributed by atoms with Gasteiger partial charge < -0.3 is 10.6 Å². The predicted octanol–water partition coefficient (Wildman–Crippen LogP) is 15.8. The van der Waals surface area contributed by atoms with Crippen molar-refractivity contribution in [3.63, 3.8) is 0 Å². The van der Waals surface area contributed by atoms with E-state index in [9.17, 15) is 71.9 Å². The van der Waals surface area contributed by atoms with Crippen molar-refractivity contribution in [1.82, 2.24) is 9.80 Å². The Morgan fingerprint density at radius 3 is 0.971 bits per heavy atom. The minimum absolute atomic E-state index is 0.145. The number of halogens is 14. The molecule has 0 bridgehead atoms. The van der Waals surface area contributed by atoms with Gasteiger partial charge in [-0.1, -0.05) is 78.1 Å². The number of carbonyl (C=O) groups is 4. The molecule has 68 heavy (non-hydrogen) atoms. The van der Waals surface area contributed by atoms with Gasteiger partial charge in [0.1, 0.15) is 0 Å². The third-order valence-electron chi connectivity index (χ3n) is 11.6. The van der Waals surface area contributed by atoms with Gasteiger partial charge in [0.2, 0.25) is 0 Å². The summed E-state index contributed by atoms with van der Waals surface area (Å²) in [5, 5.41) is 3.92. The van der Waals surface area contributed by atoms with Crippen LogP contribution < -0.4 is 10.6 Å². The lowest BCUT2D eigenvalue weighted by atomic mass is 9.83. The van der Waals surface area contributed by atoms with Crippen LogP contribution in [0.2, 0.25) is 0 Å². The van der Waals surface area contributed by atoms with E-state index in [-0.39, 0.29) is 38.1 Å². The van der Waals surface area contributed by atoms with Crippen LogP contribution in [-0.4, -0.2) is 46.5 Å². The number of alkyl halides is 12. The maximum Gasteiger partial charge on any atom is 0.416 e. The standard InChI is InChI=1S/C46H42Br2F12N4O4/c1-3-5-7-9-11-13-15-63-39(65)31-29-30-33(37(35(31)47)61-27-19-23(43(49,50)51)17-24(20-27)44(52,53)54)41(67)64(16-14-12-10-8-6-4-2)42(68)34(30)38(36(48)32(29)40(63)66)62-28-21-25(45(55,56)57)18-26(22-28)46(58,59)60/h17-22,61-62H,3-16H2,1-2H3. The molecule has 2 N–H and O–H groups in total. The average molecular weight is 1100 g/mol. The van der Waals surface area contributed by atoms with E-state index in [1.807, 2.05) is 13.8 Å². The van der Waals surface area contributed by atoms with Gasteiger partial charge in [-0.05, 0) is 81.1 Å². The van der Waals surface area contributed by atoms with Gasteiger partial charge >= 0.3 is 24.7 Å². The van der Waals surface area contributed by atoms with Gasteiger partial charge in [-0.25, -0.2) is 0 Å². The number of imide groups is 2. The molecule has 2 aliphatic rings. The van der Waals surface area contributed by atoms with E-state index in [1.165, 1.54) is 0 Å². The molecular formula is C46H42Br2F12N4O4. The van der Waals surface area contributed by atoms with E-state index in [4.69, 9.17) is 0 Å². The fourth-order valence-electron chi connectivity index (χ4n) is 8.33. The molecule has 6 rings (SSSR count). The second kappa shape index (κ2) is 20.2. The van der Waals surface area contributed by atoms with E-state index in [1.54, 1.807) is 0 Å². The maximum atomic E-state index is 14.9. The number of hydrogen-bond donors (Lipinski definition) is 2. The fourth-order valence-corrected chi connectivity index (χ4v) is 9.66. The number of nitrogens with one attached hydrogen (secondary N) is 2. The lowest BCUT2D eigenvalue weighted by Gasteiger charge is -2.36.